The lowest BCUT2D eigenvalue weighted by molar-refractivity contribution is -0.560. The van der Waals surface area contributed by atoms with Crippen molar-refractivity contribution in [2.45, 2.75) is 19.4 Å². The number of methoxy groups -OCH3 is 1. The first-order valence-corrected chi connectivity index (χ1v) is 7.18. The van der Waals surface area contributed by atoms with Crippen molar-refractivity contribution in [3.8, 4) is 5.75 Å². The SMILES string of the molecule is COc1ccc(N2CCN(CC(C)(C)[N+](=O)[O-])CC2)cc1. The molecule has 1 heterocycles. The number of hydrogen-bond acceptors (Lipinski definition) is 5. The predicted molar refractivity (Wildman–Crippen MR) is 82.7 cm³/mol. The molecule has 0 atom stereocenters. The second-order valence-corrected chi connectivity index (χ2v) is 6.03. The van der Waals surface area contributed by atoms with E-state index in [-0.39, 0.29) is 4.92 Å². The van der Waals surface area contributed by atoms with Gasteiger partial charge in [-0.1, -0.05) is 0 Å². The highest BCUT2D eigenvalue weighted by Crippen LogP contribution is 2.21. The molecule has 6 heteroatoms. The molecule has 0 spiro atoms. The van der Waals surface area contributed by atoms with Crippen LogP contribution in [0.5, 0.6) is 5.75 Å². The first-order chi connectivity index (χ1) is 9.92. The summed E-state index contributed by atoms with van der Waals surface area (Å²) in [5, 5.41) is 11.0. The van der Waals surface area contributed by atoms with E-state index < -0.39 is 5.54 Å². The van der Waals surface area contributed by atoms with E-state index in [1.165, 1.54) is 5.69 Å². The summed E-state index contributed by atoms with van der Waals surface area (Å²) in [5.41, 5.74) is 0.284. The zero-order valence-electron chi connectivity index (χ0n) is 12.9. The summed E-state index contributed by atoms with van der Waals surface area (Å²) in [6, 6.07) is 8.01. The fourth-order valence-corrected chi connectivity index (χ4v) is 2.56. The fraction of sp³-hybridized carbons (Fsp3) is 0.600. The average Bonchev–Trinajstić information content (AvgIpc) is 2.48. The number of anilines is 1. The summed E-state index contributed by atoms with van der Waals surface area (Å²) in [5.74, 6) is 0.852. The molecule has 1 saturated heterocycles. The fourth-order valence-electron chi connectivity index (χ4n) is 2.56. The summed E-state index contributed by atoms with van der Waals surface area (Å²) >= 11 is 0. The Morgan fingerprint density at radius 2 is 1.76 bits per heavy atom. The number of piperazine rings is 1. The molecule has 1 aromatic rings. The Bertz CT molecular complexity index is 479. The van der Waals surface area contributed by atoms with E-state index in [1.807, 2.05) is 12.1 Å². The van der Waals surface area contributed by atoms with Crippen molar-refractivity contribution < 1.29 is 9.66 Å². The monoisotopic (exact) mass is 293 g/mol. The minimum atomic E-state index is -0.887. The van der Waals surface area contributed by atoms with Crippen molar-refractivity contribution in [3.05, 3.63) is 34.4 Å². The molecular weight excluding hydrogens is 270 g/mol. The van der Waals surface area contributed by atoms with Crippen LogP contribution >= 0.6 is 0 Å². The maximum atomic E-state index is 11.0. The summed E-state index contributed by atoms with van der Waals surface area (Å²) in [4.78, 5) is 15.3. The molecule has 0 unspecified atom stereocenters. The highest BCUT2D eigenvalue weighted by atomic mass is 16.6. The highest BCUT2D eigenvalue weighted by molar-refractivity contribution is 5.49. The minimum absolute atomic E-state index is 0.192. The van der Waals surface area contributed by atoms with Gasteiger partial charge in [0.15, 0.2) is 0 Å². The van der Waals surface area contributed by atoms with Crippen LogP contribution in [-0.4, -0.2) is 55.2 Å². The van der Waals surface area contributed by atoms with Gasteiger partial charge in [0.1, 0.15) is 5.75 Å². The van der Waals surface area contributed by atoms with E-state index in [2.05, 4.69) is 21.9 Å². The topological polar surface area (TPSA) is 58.8 Å². The molecule has 1 aliphatic rings. The zero-order chi connectivity index (χ0) is 15.5. The maximum absolute atomic E-state index is 11.0. The standard InChI is InChI=1S/C15H23N3O3/c1-15(2,18(19)20)12-16-8-10-17(11-9-16)13-4-6-14(21-3)7-5-13/h4-7H,8-12H2,1-3H3. The molecule has 2 rings (SSSR count). The van der Waals surface area contributed by atoms with Crippen molar-refractivity contribution in [1.29, 1.82) is 0 Å². The van der Waals surface area contributed by atoms with Crippen molar-refractivity contribution >= 4 is 5.69 Å². The van der Waals surface area contributed by atoms with Crippen molar-refractivity contribution in [3.63, 3.8) is 0 Å². The first kappa shape index (κ1) is 15.6. The van der Waals surface area contributed by atoms with Gasteiger partial charge >= 0.3 is 0 Å². The predicted octanol–water partition coefficient (Wildman–Crippen LogP) is 1.87. The van der Waals surface area contributed by atoms with Crippen LogP contribution in [-0.2, 0) is 0 Å². The lowest BCUT2D eigenvalue weighted by Gasteiger charge is -2.37. The Kier molecular flexibility index (Phi) is 4.67. The summed E-state index contributed by atoms with van der Waals surface area (Å²) < 4.78 is 5.16. The molecule has 6 nitrogen and oxygen atoms in total. The average molecular weight is 293 g/mol. The third-order valence-corrected chi connectivity index (χ3v) is 3.91. The molecule has 21 heavy (non-hydrogen) atoms. The highest BCUT2D eigenvalue weighted by Gasteiger charge is 2.34. The Morgan fingerprint density at radius 1 is 1.19 bits per heavy atom. The van der Waals surface area contributed by atoms with Crippen LogP contribution < -0.4 is 9.64 Å². The lowest BCUT2D eigenvalue weighted by atomic mass is 10.1. The maximum Gasteiger partial charge on any atom is 0.229 e. The summed E-state index contributed by atoms with van der Waals surface area (Å²) in [6.45, 7) is 7.34. The Morgan fingerprint density at radius 3 is 2.24 bits per heavy atom. The van der Waals surface area contributed by atoms with Crippen LogP contribution in [0.2, 0.25) is 0 Å². The summed E-state index contributed by atoms with van der Waals surface area (Å²) in [7, 11) is 1.66. The van der Waals surface area contributed by atoms with E-state index in [0.29, 0.717) is 6.54 Å². The molecule has 1 aliphatic heterocycles. The quantitative estimate of drug-likeness (QED) is 0.613. The van der Waals surface area contributed by atoms with E-state index >= 15 is 0 Å². The van der Waals surface area contributed by atoms with Gasteiger partial charge in [0.05, 0.1) is 13.7 Å². The van der Waals surface area contributed by atoms with Gasteiger partial charge in [-0.05, 0) is 24.3 Å². The van der Waals surface area contributed by atoms with Crippen molar-refractivity contribution in [1.82, 2.24) is 4.90 Å². The number of benzene rings is 1. The number of nitro groups is 1. The second kappa shape index (κ2) is 6.30. The van der Waals surface area contributed by atoms with Gasteiger partial charge in [0, 0.05) is 50.6 Å². The van der Waals surface area contributed by atoms with Crippen LogP contribution in [0.15, 0.2) is 24.3 Å². The van der Waals surface area contributed by atoms with Gasteiger partial charge < -0.3 is 9.64 Å². The Balaban J connectivity index is 1.89. The van der Waals surface area contributed by atoms with Gasteiger partial charge in [-0.25, -0.2) is 0 Å². The number of ether oxygens (including phenoxy) is 1. The Labute approximate surface area is 125 Å². The second-order valence-electron chi connectivity index (χ2n) is 6.03. The van der Waals surface area contributed by atoms with Gasteiger partial charge in [-0.2, -0.15) is 0 Å². The molecule has 0 N–H and O–H groups in total. The molecule has 0 saturated carbocycles. The van der Waals surface area contributed by atoms with E-state index in [4.69, 9.17) is 4.74 Å². The normalized spacial score (nSPS) is 16.8. The molecule has 0 aromatic heterocycles. The van der Waals surface area contributed by atoms with E-state index in [0.717, 1.165) is 31.9 Å². The molecule has 0 bridgehead atoms. The number of nitrogens with zero attached hydrogens (tertiary/aromatic N) is 3. The van der Waals surface area contributed by atoms with Crippen LogP contribution in [0.25, 0.3) is 0 Å². The van der Waals surface area contributed by atoms with Gasteiger partial charge in [0.25, 0.3) is 0 Å². The third kappa shape index (κ3) is 3.85. The Hall–Kier alpha value is -1.82. The van der Waals surface area contributed by atoms with Crippen LogP contribution in [0.3, 0.4) is 0 Å². The minimum Gasteiger partial charge on any atom is -0.497 e. The van der Waals surface area contributed by atoms with Crippen LogP contribution in [0.4, 0.5) is 5.69 Å². The largest absolute Gasteiger partial charge is 0.497 e. The van der Waals surface area contributed by atoms with Gasteiger partial charge in [-0.15, -0.1) is 0 Å². The molecule has 1 aromatic carbocycles. The van der Waals surface area contributed by atoms with Crippen LogP contribution in [0.1, 0.15) is 13.8 Å². The molecule has 0 radical (unpaired) electrons. The first-order valence-electron chi connectivity index (χ1n) is 7.18. The van der Waals surface area contributed by atoms with Crippen molar-refractivity contribution in [2.24, 2.45) is 0 Å². The van der Waals surface area contributed by atoms with E-state index in [9.17, 15) is 10.1 Å². The smallest absolute Gasteiger partial charge is 0.229 e. The number of hydrogen-bond donors (Lipinski definition) is 0. The van der Waals surface area contributed by atoms with Crippen LogP contribution in [0, 0.1) is 10.1 Å². The molecule has 1 fully saturated rings. The molecular formula is C15H23N3O3. The molecule has 0 aliphatic carbocycles. The lowest BCUT2D eigenvalue weighted by Crippen LogP contribution is -2.52. The van der Waals surface area contributed by atoms with Crippen molar-refractivity contribution in [2.75, 3.05) is 44.7 Å². The zero-order valence-corrected chi connectivity index (χ0v) is 12.9. The number of rotatable bonds is 5. The van der Waals surface area contributed by atoms with Gasteiger partial charge in [-0.3, -0.25) is 15.0 Å². The van der Waals surface area contributed by atoms with E-state index in [1.54, 1.807) is 21.0 Å². The molecule has 0 amide bonds. The van der Waals surface area contributed by atoms with Gasteiger partial charge in [0.2, 0.25) is 5.54 Å². The third-order valence-electron chi connectivity index (χ3n) is 3.91. The molecule has 116 valence electrons. The summed E-state index contributed by atoms with van der Waals surface area (Å²) in [6.07, 6.45) is 0.